The first kappa shape index (κ1) is 14.5. The maximum atomic E-state index is 12.7. The highest BCUT2D eigenvalue weighted by molar-refractivity contribution is 5.81. The molecule has 0 spiro atoms. The Kier molecular flexibility index (Phi) is 3.82. The van der Waals surface area contributed by atoms with Gasteiger partial charge in [-0.25, -0.2) is 0 Å². The van der Waals surface area contributed by atoms with Crippen molar-refractivity contribution >= 4 is 11.8 Å². The molecule has 0 aromatic heterocycles. The van der Waals surface area contributed by atoms with Crippen LogP contribution in [-0.2, 0) is 19.1 Å². The summed E-state index contributed by atoms with van der Waals surface area (Å²) in [6.45, 7) is 3.66. The van der Waals surface area contributed by atoms with Gasteiger partial charge in [0.1, 0.15) is 6.61 Å². The molecule has 6 nitrogen and oxygen atoms in total. The van der Waals surface area contributed by atoms with Crippen molar-refractivity contribution in [1.29, 1.82) is 0 Å². The smallest absolute Gasteiger partial charge is 0.248 e. The third-order valence-electron chi connectivity index (χ3n) is 5.41. The second-order valence-electron chi connectivity index (χ2n) is 7.04. The fourth-order valence-corrected chi connectivity index (χ4v) is 3.86. The van der Waals surface area contributed by atoms with Crippen LogP contribution in [0.25, 0.3) is 0 Å². The first-order chi connectivity index (χ1) is 10.7. The summed E-state index contributed by atoms with van der Waals surface area (Å²) in [6.07, 6.45) is 4.09. The molecule has 1 saturated carbocycles. The summed E-state index contributed by atoms with van der Waals surface area (Å²) in [5.41, 5.74) is 0. The van der Waals surface area contributed by atoms with Crippen molar-refractivity contribution < 1.29 is 19.1 Å². The molecule has 4 fully saturated rings. The van der Waals surface area contributed by atoms with E-state index in [0.29, 0.717) is 32.2 Å². The first-order valence-corrected chi connectivity index (χ1v) is 8.50. The van der Waals surface area contributed by atoms with Crippen molar-refractivity contribution in [2.75, 3.05) is 39.5 Å². The Balaban J connectivity index is 1.42. The van der Waals surface area contributed by atoms with E-state index in [4.69, 9.17) is 9.47 Å². The molecule has 0 radical (unpaired) electrons. The molecule has 6 heteroatoms. The van der Waals surface area contributed by atoms with Crippen LogP contribution in [-0.4, -0.2) is 73.2 Å². The highest BCUT2D eigenvalue weighted by atomic mass is 16.5. The van der Waals surface area contributed by atoms with Gasteiger partial charge in [-0.2, -0.15) is 0 Å². The molecule has 122 valence electrons. The van der Waals surface area contributed by atoms with E-state index in [0.717, 1.165) is 19.4 Å². The number of likely N-dealkylation sites (tertiary alicyclic amines) is 1. The van der Waals surface area contributed by atoms with Crippen LogP contribution in [0.4, 0.5) is 0 Å². The van der Waals surface area contributed by atoms with Gasteiger partial charge in [0.25, 0.3) is 0 Å². The van der Waals surface area contributed by atoms with Crippen molar-refractivity contribution in [3.8, 4) is 0 Å². The standard InChI is InChI=1S/C16H24N2O4/c19-15-10-22-14-9-17(16(20)12-3-5-21-6-4-12)8-13(14)18(15)7-11-1-2-11/h11-14H,1-10H2/t13-,14-/m1/s1. The summed E-state index contributed by atoms with van der Waals surface area (Å²) in [4.78, 5) is 28.7. The zero-order valence-corrected chi connectivity index (χ0v) is 12.9. The predicted octanol–water partition coefficient (Wildman–Crippen LogP) is 0.261. The van der Waals surface area contributed by atoms with Gasteiger partial charge in [0.05, 0.1) is 12.1 Å². The minimum atomic E-state index is 0.000223. The van der Waals surface area contributed by atoms with Gasteiger partial charge in [-0.05, 0) is 31.6 Å². The van der Waals surface area contributed by atoms with Gasteiger partial charge in [0.2, 0.25) is 11.8 Å². The third kappa shape index (κ3) is 2.74. The molecular formula is C16H24N2O4. The van der Waals surface area contributed by atoms with Crippen LogP contribution in [0.1, 0.15) is 25.7 Å². The van der Waals surface area contributed by atoms with Gasteiger partial charge in [-0.15, -0.1) is 0 Å². The van der Waals surface area contributed by atoms with Crippen LogP contribution in [0.2, 0.25) is 0 Å². The number of hydrogen-bond donors (Lipinski definition) is 0. The number of carbonyl (C=O) groups excluding carboxylic acids is 2. The number of fused-ring (bicyclic) bond motifs is 1. The Morgan fingerprint density at radius 2 is 1.91 bits per heavy atom. The molecule has 0 N–H and O–H groups in total. The summed E-state index contributed by atoms with van der Waals surface area (Å²) in [5.74, 6) is 1.07. The molecular weight excluding hydrogens is 284 g/mol. The van der Waals surface area contributed by atoms with Crippen LogP contribution in [0.15, 0.2) is 0 Å². The van der Waals surface area contributed by atoms with Crippen molar-refractivity contribution in [3.05, 3.63) is 0 Å². The highest BCUT2D eigenvalue weighted by Crippen LogP contribution is 2.33. The Bertz CT molecular complexity index is 459. The average Bonchev–Trinajstić information content (AvgIpc) is 3.26. The Labute approximate surface area is 130 Å². The van der Waals surface area contributed by atoms with Crippen molar-refractivity contribution in [3.63, 3.8) is 0 Å². The van der Waals surface area contributed by atoms with Gasteiger partial charge < -0.3 is 19.3 Å². The molecule has 3 heterocycles. The molecule has 1 aliphatic carbocycles. The van der Waals surface area contributed by atoms with Gasteiger partial charge in [-0.3, -0.25) is 9.59 Å². The fraction of sp³-hybridized carbons (Fsp3) is 0.875. The number of ether oxygens (including phenoxy) is 2. The number of rotatable bonds is 3. The Hall–Kier alpha value is -1.14. The molecule has 0 unspecified atom stereocenters. The zero-order chi connectivity index (χ0) is 15.1. The molecule has 4 rings (SSSR count). The second-order valence-corrected chi connectivity index (χ2v) is 7.04. The molecule has 3 aliphatic heterocycles. The van der Waals surface area contributed by atoms with E-state index in [1.165, 1.54) is 12.8 Å². The fourth-order valence-electron chi connectivity index (χ4n) is 3.86. The van der Waals surface area contributed by atoms with E-state index in [9.17, 15) is 9.59 Å². The largest absolute Gasteiger partial charge is 0.381 e. The second kappa shape index (κ2) is 5.81. The van der Waals surface area contributed by atoms with Gasteiger partial charge in [0, 0.05) is 38.8 Å². The SMILES string of the molecule is O=C(C1CCOCC1)N1C[C@@H]2[C@@H](C1)OCC(=O)N2CC1CC1. The number of nitrogens with zero attached hydrogens (tertiary/aromatic N) is 2. The molecule has 0 bridgehead atoms. The monoisotopic (exact) mass is 308 g/mol. The first-order valence-electron chi connectivity index (χ1n) is 8.50. The normalized spacial score (nSPS) is 33.2. The maximum absolute atomic E-state index is 12.7. The van der Waals surface area contributed by atoms with Crippen molar-refractivity contribution in [2.24, 2.45) is 11.8 Å². The van der Waals surface area contributed by atoms with E-state index < -0.39 is 0 Å². The topological polar surface area (TPSA) is 59.1 Å². The minimum absolute atomic E-state index is 0.000223. The van der Waals surface area contributed by atoms with Crippen LogP contribution in [0, 0.1) is 11.8 Å². The summed E-state index contributed by atoms with van der Waals surface area (Å²) < 4.78 is 11.0. The van der Waals surface area contributed by atoms with E-state index in [1.54, 1.807) is 0 Å². The lowest BCUT2D eigenvalue weighted by molar-refractivity contribution is -0.153. The van der Waals surface area contributed by atoms with Crippen LogP contribution >= 0.6 is 0 Å². The Morgan fingerprint density at radius 1 is 1.14 bits per heavy atom. The van der Waals surface area contributed by atoms with Crippen LogP contribution < -0.4 is 0 Å². The average molecular weight is 308 g/mol. The third-order valence-corrected chi connectivity index (χ3v) is 5.41. The van der Waals surface area contributed by atoms with E-state index in [1.807, 2.05) is 9.80 Å². The molecule has 22 heavy (non-hydrogen) atoms. The van der Waals surface area contributed by atoms with Crippen LogP contribution in [0.5, 0.6) is 0 Å². The van der Waals surface area contributed by atoms with Crippen LogP contribution in [0.3, 0.4) is 0 Å². The summed E-state index contributed by atoms with van der Waals surface area (Å²) in [5, 5.41) is 0. The molecule has 4 aliphatic rings. The van der Waals surface area contributed by atoms with E-state index in [2.05, 4.69) is 0 Å². The minimum Gasteiger partial charge on any atom is -0.381 e. The van der Waals surface area contributed by atoms with Gasteiger partial charge in [0.15, 0.2) is 0 Å². The van der Waals surface area contributed by atoms with E-state index >= 15 is 0 Å². The number of morpholine rings is 1. The Morgan fingerprint density at radius 3 is 2.64 bits per heavy atom. The lowest BCUT2D eigenvalue weighted by atomic mass is 9.99. The lowest BCUT2D eigenvalue weighted by Crippen LogP contribution is -2.54. The number of carbonyl (C=O) groups is 2. The maximum Gasteiger partial charge on any atom is 0.248 e. The summed E-state index contributed by atoms with van der Waals surface area (Å²) in [6, 6.07) is 0.0608. The number of hydrogen-bond acceptors (Lipinski definition) is 4. The predicted molar refractivity (Wildman–Crippen MR) is 78.1 cm³/mol. The zero-order valence-electron chi connectivity index (χ0n) is 12.9. The van der Waals surface area contributed by atoms with Gasteiger partial charge >= 0.3 is 0 Å². The van der Waals surface area contributed by atoms with Gasteiger partial charge in [-0.1, -0.05) is 0 Å². The molecule has 2 amide bonds. The lowest BCUT2D eigenvalue weighted by Gasteiger charge is -2.36. The van der Waals surface area contributed by atoms with Crippen molar-refractivity contribution in [1.82, 2.24) is 9.80 Å². The summed E-state index contributed by atoms with van der Waals surface area (Å²) in [7, 11) is 0. The molecule has 3 saturated heterocycles. The quantitative estimate of drug-likeness (QED) is 0.750. The molecule has 0 aromatic carbocycles. The molecule has 0 aromatic rings. The van der Waals surface area contributed by atoms with E-state index in [-0.39, 0.29) is 36.5 Å². The number of amides is 2. The highest BCUT2D eigenvalue weighted by Gasteiger charge is 2.46. The molecule has 2 atom stereocenters. The van der Waals surface area contributed by atoms with Crippen molar-refractivity contribution in [2.45, 2.75) is 37.8 Å². The summed E-state index contributed by atoms with van der Waals surface area (Å²) >= 11 is 0.